The number of imide groups is 1. The lowest BCUT2D eigenvalue weighted by atomic mass is 10.1. The zero-order chi connectivity index (χ0) is 15.6. The molecule has 0 aromatic heterocycles. The third-order valence-electron chi connectivity index (χ3n) is 2.48. The fraction of sp³-hybridized carbons (Fsp3) is 0.778. The van der Waals surface area contributed by atoms with Gasteiger partial charge in [0.25, 0.3) is 27.9 Å². The molecule has 1 rings (SSSR count). The summed E-state index contributed by atoms with van der Waals surface area (Å²) in [6.45, 7) is -2.11. The number of hydrogen-bond acceptors (Lipinski definition) is 7. The maximum absolute atomic E-state index is 12.8. The van der Waals surface area contributed by atoms with E-state index < -0.39 is 52.7 Å². The zero-order valence-corrected chi connectivity index (χ0v) is 11.0. The van der Waals surface area contributed by atoms with Crippen LogP contribution in [0.3, 0.4) is 0 Å². The Balaban J connectivity index is 2.77. The predicted octanol–water partition coefficient (Wildman–Crippen LogP) is -1.37. The summed E-state index contributed by atoms with van der Waals surface area (Å²) in [5.74, 6) is -8.77. The third kappa shape index (κ3) is 4.16. The van der Waals surface area contributed by atoms with Gasteiger partial charge in [0.2, 0.25) is 0 Å². The van der Waals surface area contributed by atoms with Crippen LogP contribution in [0.25, 0.3) is 0 Å². The smallest absolute Gasteiger partial charge is 0.294 e. The fourth-order valence-electron chi connectivity index (χ4n) is 1.57. The highest BCUT2D eigenvalue weighted by Crippen LogP contribution is 2.25. The summed E-state index contributed by atoms with van der Waals surface area (Å²) in [5, 5.41) is 16.9. The van der Waals surface area contributed by atoms with Crippen LogP contribution in [0.15, 0.2) is 0 Å². The van der Waals surface area contributed by atoms with E-state index in [1.54, 1.807) is 0 Å². The van der Waals surface area contributed by atoms with Crippen molar-refractivity contribution in [3.8, 4) is 0 Å². The summed E-state index contributed by atoms with van der Waals surface area (Å²) in [6.07, 6.45) is -0.442. The molecule has 0 aliphatic carbocycles. The molecule has 20 heavy (non-hydrogen) atoms. The van der Waals surface area contributed by atoms with Crippen molar-refractivity contribution in [2.45, 2.75) is 18.8 Å². The molecule has 1 aliphatic rings. The third-order valence-corrected chi connectivity index (χ3v) is 3.63. The van der Waals surface area contributed by atoms with Crippen molar-refractivity contribution in [2.24, 2.45) is 5.92 Å². The second kappa shape index (κ2) is 6.08. The lowest BCUT2D eigenvalue weighted by Crippen LogP contribution is -2.39. The molecule has 0 radical (unpaired) electrons. The Labute approximate surface area is 113 Å². The molecule has 1 aliphatic heterocycles. The van der Waals surface area contributed by atoms with E-state index in [0.717, 1.165) is 0 Å². The van der Waals surface area contributed by atoms with Crippen molar-refractivity contribution in [1.82, 2.24) is 5.06 Å². The molecule has 1 saturated heterocycles. The number of carbonyl (C=O) groups is 2. The Morgan fingerprint density at radius 3 is 2.45 bits per heavy atom. The molecule has 0 bridgehead atoms. The first-order chi connectivity index (χ1) is 9.12. The van der Waals surface area contributed by atoms with Crippen molar-refractivity contribution >= 4 is 21.9 Å². The number of alkyl halides is 2. The molecule has 8 nitrogen and oxygen atoms in total. The number of hydrogen-bond donors (Lipinski definition) is 2. The monoisotopic (exact) mass is 317 g/mol. The van der Waals surface area contributed by atoms with Crippen molar-refractivity contribution in [3.05, 3.63) is 0 Å². The Kier molecular flexibility index (Phi) is 5.13. The lowest BCUT2D eigenvalue weighted by Gasteiger charge is -2.17. The van der Waals surface area contributed by atoms with Crippen LogP contribution < -0.4 is 0 Å². The summed E-state index contributed by atoms with van der Waals surface area (Å²) in [4.78, 5) is 23.0. The number of aliphatic hydroxyl groups excluding tert-OH is 2. The number of rotatable bonds is 7. The van der Waals surface area contributed by atoms with Crippen LogP contribution in [0.1, 0.15) is 12.8 Å². The van der Waals surface area contributed by atoms with Gasteiger partial charge in [0.1, 0.15) is 12.4 Å². The van der Waals surface area contributed by atoms with Gasteiger partial charge in [-0.25, -0.2) is 8.78 Å². The van der Waals surface area contributed by atoms with Gasteiger partial charge in [0.15, 0.2) is 0 Å². The van der Waals surface area contributed by atoms with Gasteiger partial charge < -0.3 is 10.2 Å². The standard InChI is InChI=1S/C9H13F2NO7S/c10-9(11,4-14)5-20(17,18)19-12-7(15)3-6(1-2-13)8(12)16/h6,13-14H,1-5H2. The second-order valence-corrected chi connectivity index (χ2v) is 5.78. The molecule has 116 valence electrons. The highest BCUT2D eigenvalue weighted by molar-refractivity contribution is 7.86. The molecule has 0 aromatic rings. The first-order valence-corrected chi connectivity index (χ1v) is 7.08. The van der Waals surface area contributed by atoms with E-state index in [1.165, 1.54) is 0 Å². The highest BCUT2D eigenvalue weighted by atomic mass is 32.2. The zero-order valence-electron chi connectivity index (χ0n) is 10.2. The first kappa shape index (κ1) is 16.9. The van der Waals surface area contributed by atoms with Gasteiger partial charge in [-0.15, -0.1) is 9.35 Å². The molecule has 11 heteroatoms. The van der Waals surface area contributed by atoms with Crippen LogP contribution in [-0.4, -0.2) is 60.4 Å². The molecular formula is C9H13F2NO7S. The van der Waals surface area contributed by atoms with Crippen molar-refractivity contribution in [2.75, 3.05) is 19.0 Å². The normalized spacial score (nSPS) is 20.8. The lowest BCUT2D eigenvalue weighted by molar-refractivity contribution is -0.165. The molecule has 0 aromatic carbocycles. The van der Waals surface area contributed by atoms with Crippen molar-refractivity contribution in [1.29, 1.82) is 0 Å². The number of aliphatic hydroxyl groups is 2. The van der Waals surface area contributed by atoms with Gasteiger partial charge in [-0.2, -0.15) is 8.42 Å². The predicted molar refractivity (Wildman–Crippen MR) is 58.6 cm³/mol. The van der Waals surface area contributed by atoms with Gasteiger partial charge in [-0.3, -0.25) is 9.59 Å². The molecular weight excluding hydrogens is 304 g/mol. The number of halogens is 2. The number of amides is 2. The number of carbonyl (C=O) groups excluding carboxylic acids is 2. The molecule has 1 fully saturated rings. The van der Waals surface area contributed by atoms with E-state index in [1.807, 2.05) is 0 Å². The fourth-order valence-corrected chi connectivity index (χ4v) is 2.62. The summed E-state index contributed by atoms with van der Waals surface area (Å²) in [6, 6.07) is 0. The van der Waals surface area contributed by atoms with E-state index in [9.17, 15) is 26.8 Å². The van der Waals surface area contributed by atoms with Crippen LogP contribution in [-0.2, 0) is 24.0 Å². The van der Waals surface area contributed by atoms with Crippen LogP contribution in [0, 0.1) is 5.92 Å². The van der Waals surface area contributed by atoms with Gasteiger partial charge in [-0.05, 0) is 6.42 Å². The number of nitrogens with zero attached hydrogens (tertiary/aromatic N) is 1. The van der Waals surface area contributed by atoms with Gasteiger partial charge >= 0.3 is 0 Å². The van der Waals surface area contributed by atoms with Crippen LogP contribution in [0.5, 0.6) is 0 Å². The van der Waals surface area contributed by atoms with E-state index in [4.69, 9.17) is 10.2 Å². The van der Waals surface area contributed by atoms with E-state index in [-0.39, 0.29) is 17.9 Å². The molecule has 1 heterocycles. The second-order valence-electron chi connectivity index (χ2n) is 4.23. The average molecular weight is 317 g/mol. The van der Waals surface area contributed by atoms with Crippen LogP contribution in [0.4, 0.5) is 8.78 Å². The highest BCUT2D eigenvalue weighted by Gasteiger charge is 2.44. The van der Waals surface area contributed by atoms with Gasteiger partial charge in [0, 0.05) is 13.0 Å². The van der Waals surface area contributed by atoms with E-state index in [2.05, 4.69) is 4.28 Å². The topological polar surface area (TPSA) is 121 Å². The van der Waals surface area contributed by atoms with Crippen molar-refractivity contribution < 1.29 is 41.3 Å². The molecule has 2 N–H and O–H groups in total. The minimum absolute atomic E-state index is 0.0721. The van der Waals surface area contributed by atoms with Gasteiger partial charge in [-0.1, -0.05) is 0 Å². The minimum atomic E-state index is -4.93. The Hall–Kier alpha value is -1.17. The quantitative estimate of drug-likeness (QED) is 0.556. The molecule has 0 spiro atoms. The summed E-state index contributed by atoms with van der Waals surface area (Å²) in [5.41, 5.74) is 0. The summed E-state index contributed by atoms with van der Waals surface area (Å²) >= 11 is 0. The summed E-state index contributed by atoms with van der Waals surface area (Å²) in [7, 11) is -4.93. The van der Waals surface area contributed by atoms with Crippen LogP contribution >= 0.6 is 0 Å². The summed E-state index contributed by atoms with van der Waals surface area (Å²) < 4.78 is 52.3. The average Bonchev–Trinajstić information content (AvgIpc) is 2.56. The molecule has 0 saturated carbocycles. The first-order valence-electron chi connectivity index (χ1n) is 5.50. The van der Waals surface area contributed by atoms with Gasteiger partial charge in [0.05, 0.1) is 5.92 Å². The Morgan fingerprint density at radius 1 is 1.35 bits per heavy atom. The molecule has 2 amide bonds. The van der Waals surface area contributed by atoms with E-state index >= 15 is 0 Å². The molecule has 1 atom stereocenters. The van der Waals surface area contributed by atoms with E-state index in [0.29, 0.717) is 0 Å². The Bertz CT molecular complexity index is 493. The number of hydroxylamine groups is 2. The van der Waals surface area contributed by atoms with Crippen molar-refractivity contribution in [3.63, 3.8) is 0 Å². The Morgan fingerprint density at radius 2 is 1.95 bits per heavy atom. The SMILES string of the molecule is O=C1CC(CCO)C(=O)N1OS(=O)(=O)CC(F)(F)CO. The minimum Gasteiger partial charge on any atom is -0.396 e. The maximum atomic E-state index is 12.8. The van der Waals surface area contributed by atoms with Crippen LogP contribution in [0.2, 0.25) is 0 Å². The largest absolute Gasteiger partial charge is 0.396 e. The molecule has 1 unspecified atom stereocenters. The maximum Gasteiger partial charge on any atom is 0.294 e.